The van der Waals surface area contributed by atoms with Crippen molar-refractivity contribution in [3.63, 3.8) is 0 Å². The standard InChI is InChI=1S/C21H25N3O5/c1-4-28-19-5-7-20(8-6-19)29-10-9-22-21(27)16-11-17(23-14(2)25)13-18(12-16)24-15(3)26/h5-8,11-13H,4,9-10H2,1-3H3,(H,22,27)(H,23,25)(H,24,26). The first-order chi connectivity index (χ1) is 13.9. The lowest BCUT2D eigenvalue weighted by molar-refractivity contribution is -0.115. The monoisotopic (exact) mass is 399 g/mol. The van der Waals surface area contributed by atoms with Crippen LogP contribution in [0, 0.1) is 0 Å². The third-order valence-corrected chi connectivity index (χ3v) is 3.63. The lowest BCUT2D eigenvalue weighted by atomic mass is 10.1. The summed E-state index contributed by atoms with van der Waals surface area (Å²) in [5.41, 5.74) is 1.14. The van der Waals surface area contributed by atoms with Gasteiger partial charge in [-0.1, -0.05) is 0 Å². The van der Waals surface area contributed by atoms with Gasteiger partial charge in [-0.25, -0.2) is 0 Å². The molecule has 3 amide bonds. The molecular weight excluding hydrogens is 374 g/mol. The van der Waals surface area contributed by atoms with E-state index < -0.39 is 0 Å². The molecule has 0 unspecified atom stereocenters. The molecule has 3 N–H and O–H groups in total. The molecule has 0 atom stereocenters. The SMILES string of the molecule is CCOc1ccc(OCCNC(=O)c2cc(NC(C)=O)cc(NC(C)=O)c2)cc1. The van der Waals surface area contributed by atoms with Crippen molar-refractivity contribution in [3.05, 3.63) is 48.0 Å². The second-order valence-electron chi connectivity index (χ2n) is 6.17. The normalized spacial score (nSPS) is 10.0. The molecule has 29 heavy (non-hydrogen) atoms. The van der Waals surface area contributed by atoms with Crippen LogP contribution >= 0.6 is 0 Å². The van der Waals surface area contributed by atoms with Crippen LogP contribution in [0.15, 0.2) is 42.5 Å². The lowest BCUT2D eigenvalue weighted by Gasteiger charge is -2.12. The van der Waals surface area contributed by atoms with E-state index in [1.807, 2.05) is 19.1 Å². The number of anilines is 2. The lowest BCUT2D eigenvalue weighted by Crippen LogP contribution is -2.28. The van der Waals surface area contributed by atoms with Crippen molar-refractivity contribution in [2.45, 2.75) is 20.8 Å². The van der Waals surface area contributed by atoms with Crippen molar-refractivity contribution in [1.82, 2.24) is 5.32 Å². The third kappa shape index (κ3) is 7.53. The number of carbonyl (C=O) groups excluding carboxylic acids is 3. The largest absolute Gasteiger partial charge is 0.494 e. The maximum atomic E-state index is 12.4. The molecule has 0 aliphatic carbocycles. The zero-order chi connectivity index (χ0) is 21.2. The summed E-state index contributed by atoms with van der Waals surface area (Å²) in [7, 11) is 0. The van der Waals surface area contributed by atoms with E-state index in [-0.39, 0.29) is 30.9 Å². The zero-order valence-corrected chi connectivity index (χ0v) is 16.7. The molecule has 0 heterocycles. The molecule has 0 aliphatic heterocycles. The van der Waals surface area contributed by atoms with Crippen LogP contribution in [0.5, 0.6) is 11.5 Å². The van der Waals surface area contributed by atoms with Gasteiger partial charge >= 0.3 is 0 Å². The van der Waals surface area contributed by atoms with E-state index in [1.54, 1.807) is 18.2 Å². The fraction of sp³-hybridized carbons (Fsp3) is 0.286. The van der Waals surface area contributed by atoms with Gasteiger partial charge < -0.3 is 25.4 Å². The summed E-state index contributed by atoms with van der Waals surface area (Å²) >= 11 is 0. The molecule has 0 fully saturated rings. The van der Waals surface area contributed by atoms with Crippen LogP contribution in [0.4, 0.5) is 11.4 Å². The van der Waals surface area contributed by atoms with Gasteiger partial charge in [0.15, 0.2) is 0 Å². The molecule has 0 spiro atoms. The van der Waals surface area contributed by atoms with Gasteiger partial charge in [0.1, 0.15) is 18.1 Å². The molecule has 0 saturated carbocycles. The van der Waals surface area contributed by atoms with Gasteiger partial charge in [0, 0.05) is 30.8 Å². The molecular formula is C21H25N3O5. The molecule has 2 aromatic carbocycles. The summed E-state index contributed by atoms with van der Waals surface area (Å²) in [6.45, 7) is 5.80. The first kappa shape index (κ1) is 21.7. The predicted octanol–water partition coefficient (Wildman–Crippen LogP) is 2.81. The number of carbonyl (C=O) groups is 3. The Labute approximate surface area is 169 Å². The summed E-state index contributed by atoms with van der Waals surface area (Å²) in [4.78, 5) is 35.1. The first-order valence-electron chi connectivity index (χ1n) is 9.21. The Morgan fingerprint density at radius 1 is 0.828 bits per heavy atom. The maximum absolute atomic E-state index is 12.4. The average Bonchev–Trinajstić information content (AvgIpc) is 2.65. The van der Waals surface area contributed by atoms with E-state index in [0.717, 1.165) is 5.75 Å². The Morgan fingerprint density at radius 3 is 1.83 bits per heavy atom. The van der Waals surface area contributed by atoms with Crippen LogP contribution in [0.25, 0.3) is 0 Å². The van der Waals surface area contributed by atoms with Crippen molar-refractivity contribution >= 4 is 29.1 Å². The molecule has 2 rings (SSSR count). The minimum absolute atomic E-state index is 0.278. The highest BCUT2D eigenvalue weighted by atomic mass is 16.5. The summed E-state index contributed by atoms with van der Waals surface area (Å²) in [5, 5.41) is 7.97. The topological polar surface area (TPSA) is 106 Å². The number of ether oxygens (including phenoxy) is 2. The van der Waals surface area contributed by atoms with Crippen molar-refractivity contribution in [3.8, 4) is 11.5 Å². The van der Waals surface area contributed by atoms with E-state index in [2.05, 4.69) is 16.0 Å². The van der Waals surface area contributed by atoms with E-state index in [0.29, 0.717) is 29.3 Å². The van der Waals surface area contributed by atoms with Crippen LogP contribution in [0.2, 0.25) is 0 Å². The van der Waals surface area contributed by atoms with Gasteiger partial charge in [0.2, 0.25) is 11.8 Å². The van der Waals surface area contributed by atoms with Gasteiger partial charge in [-0.2, -0.15) is 0 Å². The second kappa shape index (κ2) is 10.7. The van der Waals surface area contributed by atoms with Gasteiger partial charge in [-0.15, -0.1) is 0 Å². The summed E-state index contributed by atoms with van der Waals surface area (Å²) < 4.78 is 11.0. The molecule has 0 aliphatic rings. The summed E-state index contributed by atoms with van der Waals surface area (Å²) in [5.74, 6) is 0.532. The molecule has 154 valence electrons. The number of benzene rings is 2. The maximum Gasteiger partial charge on any atom is 0.251 e. The third-order valence-electron chi connectivity index (χ3n) is 3.63. The minimum atomic E-state index is -0.348. The van der Waals surface area contributed by atoms with Crippen LogP contribution < -0.4 is 25.4 Å². The Balaban J connectivity index is 1.93. The number of nitrogens with one attached hydrogen (secondary N) is 3. The van der Waals surface area contributed by atoms with Crippen LogP contribution in [0.1, 0.15) is 31.1 Å². The molecule has 0 bridgehead atoms. The highest BCUT2D eigenvalue weighted by Crippen LogP contribution is 2.20. The predicted molar refractivity (Wildman–Crippen MR) is 110 cm³/mol. The van der Waals surface area contributed by atoms with E-state index in [4.69, 9.17) is 9.47 Å². The molecule has 0 saturated heterocycles. The Kier molecular flexibility index (Phi) is 8.02. The van der Waals surface area contributed by atoms with Gasteiger partial charge in [0.05, 0.1) is 13.2 Å². The molecule has 8 heteroatoms. The molecule has 8 nitrogen and oxygen atoms in total. The van der Waals surface area contributed by atoms with E-state index >= 15 is 0 Å². The highest BCUT2D eigenvalue weighted by Gasteiger charge is 2.10. The number of rotatable bonds is 9. The van der Waals surface area contributed by atoms with Crippen molar-refractivity contribution in [1.29, 1.82) is 0 Å². The Hall–Kier alpha value is -3.55. The summed E-state index contributed by atoms with van der Waals surface area (Å²) in [6.07, 6.45) is 0. The number of hydrogen-bond donors (Lipinski definition) is 3. The molecule has 0 aromatic heterocycles. The minimum Gasteiger partial charge on any atom is -0.494 e. The fourth-order valence-corrected chi connectivity index (χ4v) is 2.54. The van der Waals surface area contributed by atoms with Crippen molar-refractivity contribution in [2.24, 2.45) is 0 Å². The number of hydrogen-bond acceptors (Lipinski definition) is 5. The van der Waals surface area contributed by atoms with Crippen molar-refractivity contribution in [2.75, 3.05) is 30.4 Å². The van der Waals surface area contributed by atoms with Gasteiger partial charge in [-0.3, -0.25) is 14.4 Å². The quantitative estimate of drug-likeness (QED) is 0.562. The average molecular weight is 399 g/mol. The van der Waals surface area contributed by atoms with Crippen LogP contribution in [-0.4, -0.2) is 37.5 Å². The van der Waals surface area contributed by atoms with E-state index in [1.165, 1.54) is 26.0 Å². The van der Waals surface area contributed by atoms with E-state index in [9.17, 15) is 14.4 Å². The molecule has 2 aromatic rings. The smallest absolute Gasteiger partial charge is 0.251 e. The first-order valence-corrected chi connectivity index (χ1v) is 9.21. The summed E-state index contributed by atoms with van der Waals surface area (Å²) in [6, 6.07) is 11.9. The van der Waals surface area contributed by atoms with Gasteiger partial charge in [-0.05, 0) is 49.4 Å². The zero-order valence-electron chi connectivity index (χ0n) is 16.7. The van der Waals surface area contributed by atoms with Crippen molar-refractivity contribution < 1.29 is 23.9 Å². The van der Waals surface area contributed by atoms with Crippen LogP contribution in [0.3, 0.4) is 0 Å². The highest BCUT2D eigenvalue weighted by molar-refractivity contribution is 5.99. The Morgan fingerprint density at radius 2 is 1.34 bits per heavy atom. The number of amides is 3. The van der Waals surface area contributed by atoms with Crippen LogP contribution in [-0.2, 0) is 9.59 Å². The Bertz CT molecular complexity index is 831. The molecule has 0 radical (unpaired) electrons. The van der Waals surface area contributed by atoms with Gasteiger partial charge in [0.25, 0.3) is 5.91 Å². The second-order valence-corrected chi connectivity index (χ2v) is 6.17. The fourth-order valence-electron chi connectivity index (χ4n) is 2.54.